The minimum atomic E-state index is 0.187. The van der Waals surface area contributed by atoms with Crippen molar-refractivity contribution in [1.29, 1.82) is 0 Å². The molecule has 25 heavy (non-hydrogen) atoms. The SMILES string of the molecule is Cc1cc2c(cc1C=Nc1ccccc1)C(C)CC(C)(C)N2C(C)C. The third kappa shape index (κ3) is 3.49. The lowest BCUT2D eigenvalue weighted by atomic mass is 9.78. The third-order valence-corrected chi connectivity index (χ3v) is 5.29. The molecule has 3 rings (SSSR count). The molecule has 0 aromatic heterocycles. The second kappa shape index (κ2) is 6.67. The summed E-state index contributed by atoms with van der Waals surface area (Å²) in [5.74, 6) is 0.560. The Labute approximate surface area is 152 Å². The van der Waals surface area contributed by atoms with Crippen LogP contribution < -0.4 is 4.90 Å². The van der Waals surface area contributed by atoms with Gasteiger partial charge < -0.3 is 4.90 Å². The average Bonchev–Trinajstić information content (AvgIpc) is 2.53. The number of fused-ring (bicyclic) bond motifs is 1. The Balaban J connectivity index is 2.04. The number of para-hydroxylation sites is 1. The molecule has 0 N–H and O–H groups in total. The van der Waals surface area contributed by atoms with E-state index in [1.165, 1.54) is 28.8 Å². The summed E-state index contributed by atoms with van der Waals surface area (Å²) in [4.78, 5) is 7.25. The van der Waals surface area contributed by atoms with E-state index in [1.807, 2.05) is 36.5 Å². The zero-order chi connectivity index (χ0) is 18.2. The highest BCUT2D eigenvalue weighted by molar-refractivity contribution is 5.86. The molecule has 1 aliphatic heterocycles. The van der Waals surface area contributed by atoms with E-state index in [9.17, 15) is 0 Å². The Morgan fingerprint density at radius 2 is 1.84 bits per heavy atom. The van der Waals surface area contributed by atoms with Crippen LogP contribution in [0.2, 0.25) is 0 Å². The van der Waals surface area contributed by atoms with Gasteiger partial charge in [0.2, 0.25) is 0 Å². The van der Waals surface area contributed by atoms with Gasteiger partial charge in [-0.1, -0.05) is 25.1 Å². The summed E-state index contributed by atoms with van der Waals surface area (Å²) in [7, 11) is 0. The zero-order valence-corrected chi connectivity index (χ0v) is 16.4. The van der Waals surface area contributed by atoms with Gasteiger partial charge in [-0.25, -0.2) is 0 Å². The summed E-state index contributed by atoms with van der Waals surface area (Å²) in [6.45, 7) is 13.9. The van der Waals surface area contributed by atoms with Crippen LogP contribution in [0.3, 0.4) is 0 Å². The average molecular weight is 335 g/mol. The number of aliphatic imine (C=N–C) groups is 1. The number of rotatable bonds is 3. The maximum atomic E-state index is 4.66. The molecule has 1 aliphatic rings. The first-order valence-electron chi connectivity index (χ1n) is 9.32. The standard InChI is InChI=1S/C23H30N2/c1-16(2)25-22-12-17(3)19(15-24-20-10-8-7-9-11-20)13-21(22)18(4)14-23(25,5)6/h7-13,15-16,18H,14H2,1-6H3. The first kappa shape index (κ1) is 17.7. The molecular formula is C23H30N2. The van der Waals surface area contributed by atoms with Crippen LogP contribution in [-0.2, 0) is 0 Å². The molecule has 2 aromatic rings. The van der Waals surface area contributed by atoms with Crippen molar-refractivity contribution in [2.75, 3.05) is 4.90 Å². The van der Waals surface area contributed by atoms with Crippen molar-refractivity contribution in [2.45, 2.75) is 65.5 Å². The highest BCUT2D eigenvalue weighted by Gasteiger charge is 2.37. The highest BCUT2D eigenvalue weighted by Crippen LogP contribution is 2.45. The van der Waals surface area contributed by atoms with E-state index >= 15 is 0 Å². The fourth-order valence-electron chi connectivity index (χ4n) is 4.39. The van der Waals surface area contributed by atoms with E-state index in [4.69, 9.17) is 0 Å². The van der Waals surface area contributed by atoms with E-state index in [2.05, 4.69) is 63.6 Å². The van der Waals surface area contributed by atoms with E-state index in [0.717, 1.165) is 5.69 Å². The van der Waals surface area contributed by atoms with Gasteiger partial charge in [0, 0.05) is 23.5 Å². The Hall–Kier alpha value is -2.09. The Morgan fingerprint density at radius 3 is 2.48 bits per heavy atom. The lowest BCUT2D eigenvalue weighted by Gasteiger charge is -2.50. The topological polar surface area (TPSA) is 15.6 Å². The summed E-state index contributed by atoms with van der Waals surface area (Å²) < 4.78 is 0. The van der Waals surface area contributed by atoms with Gasteiger partial charge in [-0.3, -0.25) is 4.99 Å². The molecule has 0 fully saturated rings. The summed E-state index contributed by atoms with van der Waals surface area (Å²) in [5, 5.41) is 0. The van der Waals surface area contributed by atoms with Crippen LogP contribution in [0.1, 0.15) is 63.6 Å². The van der Waals surface area contributed by atoms with Crippen LogP contribution >= 0.6 is 0 Å². The van der Waals surface area contributed by atoms with Gasteiger partial charge in [0.15, 0.2) is 0 Å². The Bertz CT molecular complexity index is 772. The molecule has 2 nitrogen and oxygen atoms in total. The molecule has 0 saturated heterocycles. The van der Waals surface area contributed by atoms with Crippen molar-refractivity contribution in [3.8, 4) is 0 Å². The number of nitrogens with zero attached hydrogens (tertiary/aromatic N) is 2. The van der Waals surface area contributed by atoms with E-state index < -0.39 is 0 Å². The van der Waals surface area contributed by atoms with Gasteiger partial charge in [-0.15, -0.1) is 0 Å². The van der Waals surface area contributed by atoms with Crippen molar-refractivity contribution in [1.82, 2.24) is 0 Å². The van der Waals surface area contributed by atoms with Crippen molar-refractivity contribution in [3.63, 3.8) is 0 Å². The van der Waals surface area contributed by atoms with E-state index in [0.29, 0.717) is 12.0 Å². The minimum Gasteiger partial charge on any atom is -0.364 e. The molecular weight excluding hydrogens is 304 g/mol. The van der Waals surface area contributed by atoms with Gasteiger partial charge in [-0.2, -0.15) is 0 Å². The lowest BCUT2D eigenvalue weighted by Crippen LogP contribution is -2.51. The number of benzene rings is 2. The van der Waals surface area contributed by atoms with Crippen LogP contribution in [0.15, 0.2) is 47.5 Å². The number of hydrogen-bond acceptors (Lipinski definition) is 2. The van der Waals surface area contributed by atoms with Crippen molar-refractivity contribution in [3.05, 3.63) is 59.2 Å². The molecule has 0 aliphatic carbocycles. The molecule has 0 bridgehead atoms. The monoisotopic (exact) mass is 334 g/mol. The van der Waals surface area contributed by atoms with E-state index in [1.54, 1.807) is 0 Å². The van der Waals surface area contributed by atoms with Gasteiger partial charge in [0.1, 0.15) is 0 Å². The second-order valence-electron chi connectivity index (χ2n) is 8.24. The zero-order valence-electron chi connectivity index (χ0n) is 16.4. The van der Waals surface area contributed by atoms with Crippen LogP contribution in [0.25, 0.3) is 0 Å². The number of anilines is 1. The number of hydrogen-bond donors (Lipinski definition) is 0. The minimum absolute atomic E-state index is 0.187. The Morgan fingerprint density at radius 1 is 1.16 bits per heavy atom. The van der Waals surface area contributed by atoms with E-state index in [-0.39, 0.29) is 5.54 Å². The quantitative estimate of drug-likeness (QED) is 0.606. The molecule has 132 valence electrons. The Kier molecular flexibility index (Phi) is 4.73. The van der Waals surface area contributed by atoms with Crippen LogP contribution in [0.4, 0.5) is 11.4 Å². The van der Waals surface area contributed by atoms with Crippen molar-refractivity contribution < 1.29 is 0 Å². The third-order valence-electron chi connectivity index (χ3n) is 5.29. The first-order chi connectivity index (χ1) is 11.8. The maximum Gasteiger partial charge on any atom is 0.0629 e. The first-order valence-corrected chi connectivity index (χ1v) is 9.32. The van der Waals surface area contributed by atoms with Crippen LogP contribution in [0.5, 0.6) is 0 Å². The lowest BCUT2D eigenvalue weighted by molar-refractivity contribution is 0.356. The second-order valence-corrected chi connectivity index (χ2v) is 8.24. The van der Waals surface area contributed by atoms with Gasteiger partial charge in [0.05, 0.1) is 5.69 Å². The fraction of sp³-hybridized carbons (Fsp3) is 0.435. The molecule has 0 radical (unpaired) electrons. The predicted molar refractivity (Wildman–Crippen MR) is 110 cm³/mol. The van der Waals surface area contributed by atoms with Gasteiger partial charge in [0.25, 0.3) is 0 Å². The van der Waals surface area contributed by atoms with Crippen molar-refractivity contribution >= 4 is 17.6 Å². The predicted octanol–water partition coefficient (Wildman–Crippen LogP) is 6.25. The van der Waals surface area contributed by atoms with Crippen LogP contribution in [0, 0.1) is 6.92 Å². The molecule has 2 heteroatoms. The van der Waals surface area contributed by atoms with Gasteiger partial charge in [-0.05, 0) is 87.9 Å². The van der Waals surface area contributed by atoms with Crippen LogP contribution in [-0.4, -0.2) is 17.8 Å². The highest BCUT2D eigenvalue weighted by atomic mass is 15.2. The largest absolute Gasteiger partial charge is 0.364 e. The molecule has 2 aromatic carbocycles. The molecule has 1 heterocycles. The normalized spacial score (nSPS) is 19.5. The molecule has 0 spiro atoms. The maximum absolute atomic E-state index is 4.66. The summed E-state index contributed by atoms with van der Waals surface area (Å²) >= 11 is 0. The van der Waals surface area contributed by atoms with Crippen molar-refractivity contribution in [2.24, 2.45) is 4.99 Å². The smallest absolute Gasteiger partial charge is 0.0629 e. The molecule has 1 unspecified atom stereocenters. The summed E-state index contributed by atoms with van der Waals surface area (Å²) in [6, 6.07) is 15.3. The van der Waals surface area contributed by atoms with Gasteiger partial charge >= 0.3 is 0 Å². The molecule has 1 atom stereocenters. The summed E-state index contributed by atoms with van der Waals surface area (Å²) in [6.07, 6.45) is 3.19. The number of aryl methyl sites for hydroxylation is 1. The summed E-state index contributed by atoms with van der Waals surface area (Å²) in [5.41, 5.74) is 6.54. The fourth-order valence-corrected chi connectivity index (χ4v) is 4.39. The molecule has 0 amide bonds. The molecule has 0 saturated carbocycles.